The number of esters is 2. The summed E-state index contributed by atoms with van der Waals surface area (Å²) < 4.78 is 16.1. The minimum absolute atomic E-state index is 0.000305. The van der Waals surface area contributed by atoms with Gasteiger partial charge in [0.15, 0.2) is 5.76 Å². The van der Waals surface area contributed by atoms with Crippen molar-refractivity contribution >= 4 is 40.3 Å². The maximum absolute atomic E-state index is 12.8. The molecule has 8 heteroatoms. The van der Waals surface area contributed by atoms with Gasteiger partial charge in [0.1, 0.15) is 16.3 Å². The zero-order valence-corrected chi connectivity index (χ0v) is 19.0. The van der Waals surface area contributed by atoms with Crippen LogP contribution in [0.25, 0.3) is 22.2 Å². The first kappa shape index (κ1) is 22.1. The number of pyridine rings is 1. The molecule has 1 saturated carbocycles. The number of ether oxygens (including phenoxy) is 2. The monoisotopic (exact) mass is 456 g/mol. The van der Waals surface area contributed by atoms with Crippen LogP contribution in [0.2, 0.25) is 5.15 Å². The van der Waals surface area contributed by atoms with Crippen LogP contribution in [0.3, 0.4) is 0 Å². The molecule has 2 aromatic heterocycles. The van der Waals surface area contributed by atoms with Crippen molar-refractivity contribution in [2.24, 2.45) is 0 Å². The number of aromatic nitrogens is 1. The summed E-state index contributed by atoms with van der Waals surface area (Å²) in [6.07, 6.45) is 5.24. The van der Waals surface area contributed by atoms with E-state index in [9.17, 15) is 9.59 Å². The van der Waals surface area contributed by atoms with Gasteiger partial charge in [-0.2, -0.15) is 0 Å². The maximum atomic E-state index is 12.8. The standard InChI is InChI=1S/C24H25ClN2O5/c1-13-9-10-17-14(11-13)12-16(21(25)27-17)20-18(23(28)30-2)19(24(29)31-3)22(32-20)26-15-7-5-4-6-8-15/h9-12,15,26H,4-8H2,1-3H3. The first-order valence-electron chi connectivity index (χ1n) is 10.6. The second kappa shape index (κ2) is 9.20. The molecule has 0 unspecified atom stereocenters. The largest absolute Gasteiger partial charge is 0.465 e. The zero-order valence-electron chi connectivity index (χ0n) is 18.3. The van der Waals surface area contributed by atoms with Gasteiger partial charge in [-0.05, 0) is 38.0 Å². The summed E-state index contributed by atoms with van der Waals surface area (Å²) in [5.74, 6) is -1.11. The molecule has 168 valence electrons. The fraction of sp³-hybridized carbons (Fsp3) is 0.375. The molecule has 4 rings (SSSR count). The molecule has 2 heterocycles. The van der Waals surface area contributed by atoms with Crippen molar-refractivity contribution in [2.45, 2.75) is 45.1 Å². The Labute approximate surface area is 191 Å². The number of furan rings is 1. The second-order valence-corrected chi connectivity index (χ2v) is 8.35. The highest BCUT2D eigenvalue weighted by molar-refractivity contribution is 6.33. The van der Waals surface area contributed by atoms with Crippen LogP contribution in [0.15, 0.2) is 28.7 Å². The van der Waals surface area contributed by atoms with Gasteiger partial charge in [0.05, 0.1) is 25.3 Å². The van der Waals surface area contributed by atoms with Gasteiger partial charge < -0.3 is 19.2 Å². The molecule has 0 saturated heterocycles. The smallest absolute Gasteiger partial charge is 0.344 e. The number of nitrogens with one attached hydrogen (secondary N) is 1. The molecule has 0 aliphatic heterocycles. The molecule has 1 aliphatic rings. The van der Waals surface area contributed by atoms with E-state index in [4.69, 9.17) is 25.5 Å². The van der Waals surface area contributed by atoms with Gasteiger partial charge in [0.2, 0.25) is 5.88 Å². The highest BCUT2D eigenvalue weighted by Gasteiger charge is 2.34. The van der Waals surface area contributed by atoms with Crippen molar-refractivity contribution in [3.05, 3.63) is 46.1 Å². The molecule has 1 fully saturated rings. The van der Waals surface area contributed by atoms with Crippen LogP contribution in [0.4, 0.5) is 5.88 Å². The number of fused-ring (bicyclic) bond motifs is 1. The van der Waals surface area contributed by atoms with Crippen molar-refractivity contribution in [1.29, 1.82) is 0 Å². The summed E-state index contributed by atoms with van der Waals surface area (Å²) in [6.45, 7) is 1.97. The normalized spacial score (nSPS) is 14.4. The van der Waals surface area contributed by atoms with Crippen LogP contribution in [-0.4, -0.2) is 37.2 Å². The fourth-order valence-electron chi connectivity index (χ4n) is 4.18. The van der Waals surface area contributed by atoms with E-state index in [2.05, 4.69) is 10.3 Å². The van der Waals surface area contributed by atoms with E-state index in [0.717, 1.165) is 36.6 Å². The number of hydrogen-bond acceptors (Lipinski definition) is 7. The summed E-state index contributed by atoms with van der Waals surface area (Å²) in [6, 6.07) is 7.71. The molecule has 0 bridgehead atoms. The molecule has 0 radical (unpaired) electrons. The predicted octanol–water partition coefficient (Wildman–Crippen LogP) is 5.77. The van der Waals surface area contributed by atoms with Gasteiger partial charge in [-0.25, -0.2) is 14.6 Å². The second-order valence-electron chi connectivity index (χ2n) is 8.00. The number of carbonyl (C=O) groups is 2. The number of halogens is 1. The Balaban J connectivity index is 1.92. The molecule has 1 N–H and O–H groups in total. The van der Waals surface area contributed by atoms with Crippen molar-refractivity contribution in [2.75, 3.05) is 19.5 Å². The van der Waals surface area contributed by atoms with E-state index >= 15 is 0 Å². The van der Waals surface area contributed by atoms with E-state index in [1.165, 1.54) is 20.6 Å². The summed E-state index contributed by atoms with van der Waals surface area (Å²) >= 11 is 6.50. The summed E-state index contributed by atoms with van der Waals surface area (Å²) in [4.78, 5) is 30.0. The average molecular weight is 457 g/mol. The Morgan fingerprint density at radius 3 is 2.44 bits per heavy atom. The van der Waals surface area contributed by atoms with Crippen molar-refractivity contribution in [3.8, 4) is 11.3 Å². The van der Waals surface area contributed by atoms with E-state index < -0.39 is 11.9 Å². The lowest BCUT2D eigenvalue weighted by Crippen LogP contribution is -2.23. The first-order chi connectivity index (χ1) is 15.4. The summed E-state index contributed by atoms with van der Waals surface area (Å²) in [5, 5.41) is 4.29. The molecular weight excluding hydrogens is 432 g/mol. The van der Waals surface area contributed by atoms with E-state index in [0.29, 0.717) is 11.1 Å². The van der Waals surface area contributed by atoms with Gasteiger partial charge in [-0.15, -0.1) is 0 Å². The number of carbonyl (C=O) groups excluding carboxylic acids is 2. The molecule has 1 aliphatic carbocycles. The Morgan fingerprint density at radius 1 is 1.06 bits per heavy atom. The summed E-state index contributed by atoms with van der Waals surface area (Å²) in [7, 11) is 2.51. The summed E-state index contributed by atoms with van der Waals surface area (Å²) in [5.41, 5.74) is 2.13. The first-order valence-corrected chi connectivity index (χ1v) is 11.0. The number of aryl methyl sites for hydroxylation is 1. The van der Waals surface area contributed by atoms with Gasteiger partial charge in [-0.1, -0.05) is 42.5 Å². The van der Waals surface area contributed by atoms with Crippen LogP contribution in [0, 0.1) is 6.92 Å². The van der Waals surface area contributed by atoms with Gasteiger partial charge in [0.25, 0.3) is 0 Å². The molecule has 32 heavy (non-hydrogen) atoms. The van der Waals surface area contributed by atoms with Gasteiger partial charge in [-0.3, -0.25) is 0 Å². The number of hydrogen-bond donors (Lipinski definition) is 1. The topological polar surface area (TPSA) is 90.7 Å². The molecule has 3 aromatic rings. The lowest BCUT2D eigenvalue weighted by atomic mass is 9.95. The molecule has 1 aromatic carbocycles. The third-order valence-corrected chi connectivity index (χ3v) is 6.08. The maximum Gasteiger partial charge on any atom is 0.344 e. The number of methoxy groups -OCH3 is 2. The zero-order chi connectivity index (χ0) is 22.8. The average Bonchev–Trinajstić information content (AvgIpc) is 3.17. The highest BCUT2D eigenvalue weighted by Crippen LogP contribution is 2.40. The highest BCUT2D eigenvalue weighted by atomic mass is 35.5. The van der Waals surface area contributed by atoms with Gasteiger partial charge >= 0.3 is 11.9 Å². The molecule has 7 nitrogen and oxygen atoms in total. The van der Waals surface area contributed by atoms with Crippen molar-refractivity contribution < 1.29 is 23.5 Å². The van der Waals surface area contributed by atoms with E-state index in [1.54, 1.807) is 6.07 Å². The fourth-order valence-corrected chi connectivity index (χ4v) is 4.41. The molecule has 0 amide bonds. The SMILES string of the molecule is COC(=O)c1c(NC2CCCCC2)oc(-c2cc3cc(C)ccc3nc2Cl)c1C(=O)OC. The number of anilines is 1. The number of rotatable bonds is 5. The quantitative estimate of drug-likeness (QED) is 0.384. The number of benzene rings is 1. The molecule has 0 spiro atoms. The number of nitrogens with zero attached hydrogens (tertiary/aromatic N) is 1. The van der Waals surface area contributed by atoms with Crippen LogP contribution < -0.4 is 5.32 Å². The third-order valence-electron chi connectivity index (χ3n) is 5.80. The predicted molar refractivity (Wildman–Crippen MR) is 122 cm³/mol. The Kier molecular flexibility index (Phi) is 6.37. The Hall–Kier alpha value is -3.06. The van der Waals surface area contributed by atoms with Crippen LogP contribution in [-0.2, 0) is 9.47 Å². The van der Waals surface area contributed by atoms with Gasteiger partial charge in [0, 0.05) is 11.4 Å². The Bertz CT molecular complexity index is 1180. The van der Waals surface area contributed by atoms with E-state index in [-0.39, 0.29) is 34.0 Å². The van der Waals surface area contributed by atoms with E-state index in [1.807, 2.05) is 25.1 Å². The minimum atomic E-state index is -0.721. The molecular formula is C24H25ClN2O5. The Morgan fingerprint density at radius 2 is 1.75 bits per heavy atom. The third kappa shape index (κ3) is 4.17. The van der Waals surface area contributed by atoms with Crippen molar-refractivity contribution in [1.82, 2.24) is 4.98 Å². The molecule has 0 atom stereocenters. The van der Waals surface area contributed by atoms with Crippen LogP contribution in [0.5, 0.6) is 0 Å². The van der Waals surface area contributed by atoms with Crippen molar-refractivity contribution in [3.63, 3.8) is 0 Å². The van der Waals surface area contributed by atoms with Crippen LogP contribution in [0.1, 0.15) is 58.4 Å². The minimum Gasteiger partial charge on any atom is -0.465 e. The van der Waals surface area contributed by atoms with Crippen LogP contribution >= 0.6 is 11.6 Å². The lowest BCUT2D eigenvalue weighted by Gasteiger charge is -2.22. The lowest BCUT2D eigenvalue weighted by molar-refractivity contribution is 0.0558.